The quantitative estimate of drug-likeness (QED) is 0.737. The van der Waals surface area contributed by atoms with Gasteiger partial charge in [0.05, 0.1) is 31.5 Å². The van der Waals surface area contributed by atoms with Gasteiger partial charge in [0.25, 0.3) is 0 Å². The van der Waals surface area contributed by atoms with Gasteiger partial charge in [-0.2, -0.15) is 5.10 Å². The first-order valence-corrected chi connectivity index (χ1v) is 9.54. The van der Waals surface area contributed by atoms with Crippen molar-refractivity contribution in [1.29, 1.82) is 0 Å². The maximum Gasteiger partial charge on any atom is 0.227 e. The smallest absolute Gasteiger partial charge is 0.227 e. The number of pyridine rings is 1. The molecular formula is C22H24N4O2. The van der Waals surface area contributed by atoms with E-state index in [4.69, 9.17) is 4.74 Å². The average Bonchev–Trinajstić information content (AvgIpc) is 3.38. The summed E-state index contributed by atoms with van der Waals surface area (Å²) in [5.41, 5.74) is 5.25. The Bertz CT molecular complexity index is 965. The number of benzene rings is 1. The molecule has 6 heteroatoms. The largest absolute Gasteiger partial charge is 0.497 e. The van der Waals surface area contributed by atoms with Gasteiger partial charge < -0.3 is 9.64 Å². The van der Waals surface area contributed by atoms with Gasteiger partial charge in [0.15, 0.2) is 0 Å². The SMILES string of the molecule is COc1ccc(CC(=O)N2CCC[C@@H]2c2[nH]ncc2-c2ccncc2C)cc1. The maximum absolute atomic E-state index is 13.0. The molecule has 3 aromatic rings. The Balaban J connectivity index is 1.56. The number of aromatic nitrogens is 3. The lowest BCUT2D eigenvalue weighted by atomic mass is 9.98. The van der Waals surface area contributed by atoms with E-state index in [-0.39, 0.29) is 11.9 Å². The van der Waals surface area contributed by atoms with Crippen molar-refractivity contribution in [3.63, 3.8) is 0 Å². The Hall–Kier alpha value is -3.15. The van der Waals surface area contributed by atoms with Crippen LogP contribution in [-0.4, -0.2) is 39.6 Å². The second-order valence-electron chi connectivity index (χ2n) is 7.16. The van der Waals surface area contributed by atoms with Gasteiger partial charge in [-0.15, -0.1) is 0 Å². The highest BCUT2D eigenvalue weighted by molar-refractivity contribution is 5.80. The van der Waals surface area contributed by atoms with Gasteiger partial charge in [0, 0.05) is 24.5 Å². The number of ether oxygens (including phenoxy) is 1. The average molecular weight is 376 g/mol. The Kier molecular flexibility index (Phi) is 5.10. The van der Waals surface area contributed by atoms with Crippen LogP contribution in [0, 0.1) is 6.92 Å². The molecule has 6 nitrogen and oxygen atoms in total. The highest BCUT2D eigenvalue weighted by Crippen LogP contribution is 2.37. The Morgan fingerprint density at radius 2 is 2.04 bits per heavy atom. The predicted octanol–water partition coefficient (Wildman–Crippen LogP) is 3.69. The van der Waals surface area contributed by atoms with Crippen LogP contribution in [0.5, 0.6) is 5.75 Å². The van der Waals surface area contributed by atoms with Crippen molar-refractivity contribution in [2.45, 2.75) is 32.2 Å². The molecule has 1 aliphatic rings. The summed E-state index contributed by atoms with van der Waals surface area (Å²) in [6.07, 6.45) is 7.81. The second-order valence-corrected chi connectivity index (χ2v) is 7.16. The van der Waals surface area contributed by atoms with Gasteiger partial charge in [0.1, 0.15) is 5.75 Å². The van der Waals surface area contributed by atoms with E-state index in [0.717, 1.165) is 53.1 Å². The van der Waals surface area contributed by atoms with Crippen LogP contribution in [0.2, 0.25) is 0 Å². The molecule has 1 saturated heterocycles. The topological polar surface area (TPSA) is 71.1 Å². The standard InChI is InChI=1S/C22H24N4O2/c1-15-13-23-10-9-18(15)19-14-24-25-22(19)20-4-3-11-26(20)21(27)12-16-5-7-17(28-2)8-6-16/h5-10,13-14,20H,3-4,11-12H2,1-2H3,(H,24,25)/t20-/m1/s1. The first-order valence-electron chi connectivity index (χ1n) is 9.54. The van der Waals surface area contributed by atoms with Crippen molar-refractivity contribution in [3.05, 3.63) is 65.7 Å². The molecule has 4 rings (SSSR count). The normalized spacial score (nSPS) is 16.4. The zero-order chi connectivity index (χ0) is 19.5. The van der Waals surface area contributed by atoms with Crippen LogP contribution < -0.4 is 4.74 Å². The van der Waals surface area contributed by atoms with Gasteiger partial charge in [0.2, 0.25) is 5.91 Å². The molecule has 0 bridgehead atoms. The summed E-state index contributed by atoms with van der Waals surface area (Å²) in [4.78, 5) is 19.2. The summed E-state index contributed by atoms with van der Waals surface area (Å²) < 4.78 is 5.19. The molecule has 0 unspecified atom stereocenters. The van der Waals surface area contributed by atoms with E-state index in [0.29, 0.717) is 6.42 Å². The number of aryl methyl sites for hydroxylation is 1. The van der Waals surface area contributed by atoms with Gasteiger partial charge in [-0.05, 0) is 54.7 Å². The number of nitrogens with one attached hydrogen (secondary N) is 1. The fourth-order valence-corrected chi connectivity index (χ4v) is 3.93. The lowest BCUT2D eigenvalue weighted by Gasteiger charge is -2.25. The molecule has 1 N–H and O–H groups in total. The van der Waals surface area contributed by atoms with Crippen LogP contribution in [0.1, 0.15) is 35.7 Å². The molecule has 0 aliphatic carbocycles. The van der Waals surface area contributed by atoms with E-state index < -0.39 is 0 Å². The van der Waals surface area contributed by atoms with Crippen LogP contribution in [0.4, 0.5) is 0 Å². The Morgan fingerprint density at radius 3 is 2.79 bits per heavy atom. The Labute approximate surface area is 164 Å². The van der Waals surface area contributed by atoms with Gasteiger partial charge in [-0.3, -0.25) is 14.9 Å². The fraction of sp³-hybridized carbons (Fsp3) is 0.318. The van der Waals surface area contributed by atoms with E-state index in [1.54, 1.807) is 13.3 Å². The summed E-state index contributed by atoms with van der Waals surface area (Å²) in [7, 11) is 1.64. The van der Waals surface area contributed by atoms with E-state index in [1.807, 2.05) is 54.5 Å². The molecular weight excluding hydrogens is 352 g/mol. The number of hydrogen-bond acceptors (Lipinski definition) is 4. The molecule has 0 spiro atoms. The predicted molar refractivity (Wildman–Crippen MR) is 107 cm³/mol. The third kappa shape index (κ3) is 3.50. The molecule has 0 radical (unpaired) electrons. The zero-order valence-corrected chi connectivity index (χ0v) is 16.2. The molecule has 1 aliphatic heterocycles. The van der Waals surface area contributed by atoms with E-state index in [1.165, 1.54) is 0 Å². The number of carbonyl (C=O) groups is 1. The molecule has 3 heterocycles. The second kappa shape index (κ2) is 7.84. The van der Waals surface area contributed by atoms with Crippen LogP contribution in [0.3, 0.4) is 0 Å². The minimum Gasteiger partial charge on any atom is -0.497 e. The first-order chi connectivity index (χ1) is 13.7. The number of rotatable bonds is 5. The van der Waals surface area contributed by atoms with Gasteiger partial charge >= 0.3 is 0 Å². The van der Waals surface area contributed by atoms with Crippen LogP contribution in [-0.2, 0) is 11.2 Å². The summed E-state index contributed by atoms with van der Waals surface area (Å²) in [5, 5.41) is 7.44. The third-order valence-corrected chi connectivity index (χ3v) is 5.40. The lowest BCUT2D eigenvalue weighted by molar-refractivity contribution is -0.131. The van der Waals surface area contributed by atoms with E-state index in [2.05, 4.69) is 15.2 Å². The minimum absolute atomic E-state index is 0.0239. The number of likely N-dealkylation sites (tertiary alicyclic amines) is 1. The zero-order valence-electron chi connectivity index (χ0n) is 16.2. The van der Waals surface area contributed by atoms with Crippen molar-refractivity contribution in [2.24, 2.45) is 0 Å². The van der Waals surface area contributed by atoms with Crippen molar-refractivity contribution in [1.82, 2.24) is 20.1 Å². The fourth-order valence-electron chi connectivity index (χ4n) is 3.93. The monoisotopic (exact) mass is 376 g/mol. The van der Waals surface area contributed by atoms with Gasteiger partial charge in [-0.25, -0.2) is 0 Å². The van der Waals surface area contributed by atoms with E-state index in [9.17, 15) is 4.79 Å². The van der Waals surface area contributed by atoms with Crippen molar-refractivity contribution < 1.29 is 9.53 Å². The number of hydrogen-bond donors (Lipinski definition) is 1. The number of amides is 1. The lowest BCUT2D eigenvalue weighted by Crippen LogP contribution is -2.32. The summed E-state index contributed by atoms with van der Waals surface area (Å²) in [5.74, 6) is 0.935. The van der Waals surface area contributed by atoms with Crippen molar-refractivity contribution >= 4 is 5.91 Å². The molecule has 1 atom stereocenters. The minimum atomic E-state index is 0.0239. The molecule has 1 amide bonds. The first kappa shape index (κ1) is 18.2. The summed E-state index contributed by atoms with van der Waals surface area (Å²) in [6, 6.07) is 9.71. The number of carbonyl (C=O) groups excluding carboxylic acids is 1. The Morgan fingerprint density at radius 1 is 1.21 bits per heavy atom. The molecule has 1 aromatic carbocycles. The number of aromatic amines is 1. The van der Waals surface area contributed by atoms with Gasteiger partial charge in [-0.1, -0.05) is 12.1 Å². The van der Waals surface area contributed by atoms with Crippen molar-refractivity contribution in [2.75, 3.05) is 13.7 Å². The van der Waals surface area contributed by atoms with E-state index >= 15 is 0 Å². The highest BCUT2D eigenvalue weighted by Gasteiger charge is 2.32. The number of H-pyrrole nitrogens is 1. The summed E-state index contributed by atoms with van der Waals surface area (Å²) in [6.45, 7) is 2.81. The van der Waals surface area contributed by atoms with Crippen LogP contribution >= 0.6 is 0 Å². The number of methoxy groups -OCH3 is 1. The molecule has 1 fully saturated rings. The summed E-state index contributed by atoms with van der Waals surface area (Å²) >= 11 is 0. The number of nitrogens with zero attached hydrogens (tertiary/aromatic N) is 3. The third-order valence-electron chi connectivity index (χ3n) is 5.40. The van der Waals surface area contributed by atoms with Crippen LogP contribution in [0.15, 0.2) is 48.9 Å². The van der Waals surface area contributed by atoms with Crippen molar-refractivity contribution in [3.8, 4) is 16.9 Å². The molecule has 2 aromatic heterocycles. The molecule has 0 saturated carbocycles. The van der Waals surface area contributed by atoms with Crippen LogP contribution in [0.25, 0.3) is 11.1 Å². The maximum atomic E-state index is 13.0. The highest BCUT2D eigenvalue weighted by atomic mass is 16.5. The molecule has 28 heavy (non-hydrogen) atoms. The molecule has 144 valence electrons.